The number of hydrogen-bond acceptors (Lipinski definition) is 2. The number of hydrogen-bond donors (Lipinski definition) is 2. The summed E-state index contributed by atoms with van der Waals surface area (Å²) in [5.41, 5.74) is 5.22. The SMILES string of the molecule is CC(=O)NC(N)C(Cl)(Cl)Cl. The lowest BCUT2D eigenvalue weighted by molar-refractivity contribution is -0.119. The minimum Gasteiger partial charge on any atom is -0.337 e. The molecule has 0 bridgehead atoms. The average Bonchev–Trinajstić information content (AvgIpc) is 1.60. The van der Waals surface area contributed by atoms with Crippen LogP contribution in [0.2, 0.25) is 0 Å². The van der Waals surface area contributed by atoms with Gasteiger partial charge in [0.1, 0.15) is 6.17 Å². The fourth-order valence-electron chi connectivity index (χ4n) is 0.301. The summed E-state index contributed by atoms with van der Waals surface area (Å²) in [5.74, 6) is -0.334. The van der Waals surface area contributed by atoms with Crippen molar-refractivity contribution < 1.29 is 4.79 Å². The third-order valence-electron chi connectivity index (χ3n) is 0.711. The number of carbonyl (C=O) groups is 1. The summed E-state index contributed by atoms with van der Waals surface area (Å²) in [6, 6.07) is 0. The highest BCUT2D eigenvalue weighted by molar-refractivity contribution is 6.68. The first kappa shape index (κ1) is 10.3. The van der Waals surface area contributed by atoms with Gasteiger partial charge in [0.25, 0.3) is 0 Å². The van der Waals surface area contributed by atoms with E-state index in [1.54, 1.807) is 0 Å². The van der Waals surface area contributed by atoms with Crippen molar-refractivity contribution in [2.45, 2.75) is 16.9 Å². The van der Waals surface area contributed by atoms with Crippen molar-refractivity contribution in [3.63, 3.8) is 0 Å². The Morgan fingerprint density at radius 1 is 1.60 bits per heavy atom. The Labute approximate surface area is 73.8 Å². The van der Waals surface area contributed by atoms with Crippen LogP contribution in [0, 0.1) is 0 Å². The van der Waals surface area contributed by atoms with E-state index in [9.17, 15) is 4.79 Å². The highest BCUT2D eigenvalue weighted by Gasteiger charge is 2.29. The smallest absolute Gasteiger partial charge is 0.223 e. The molecule has 3 nitrogen and oxygen atoms in total. The van der Waals surface area contributed by atoms with Gasteiger partial charge in [-0.2, -0.15) is 0 Å². The molecule has 60 valence electrons. The predicted octanol–water partition coefficient (Wildman–Crippen LogP) is 0.778. The molecule has 0 saturated heterocycles. The highest BCUT2D eigenvalue weighted by atomic mass is 35.6. The summed E-state index contributed by atoms with van der Waals surface area (Å²) in [6.07, 6.45) is -0.963. The molecule has 0 aromatic carbocycles. The van der Waals surface area contributed by atoms with E-state index in [0.717, 1.165) is 0 Å². The van der Waals surface area contributed by atoms with Gasteiger partial charge in [-0.05, 0) is 0 Å². The van der Waals surface area contributed by atoms with Gasteiger partial charge in [0, 0.05) is 6.92 Å². The average molecular weight is 205 g/mol. The normalized spacial score (nSPS) is 14.5. The molecule has 0 rings (SSSR count). The Hall–Kier alpha value is 0.300. The van der Waals surface area contributed by atoms with Gasteiger partial charge >= 0.3 is 0 Å². The van der Waals surface area contributed by atoms with Crippen molar-refractivity contribution in [3.05, 3.63) is 0 Å². The Bertz CT molecular complexity index is 133. The second kappa shape index (κ2) is 3.62. The van der Waals surface area contributed by atoms with Crippen LogP contribution in [-0.4, -0.2) is 15.9 Å². The van der Waals surface area contributed by atoms with Crippen LogP contribution in [0.3, 0.4) is 0 Å². The topological polar surface area (TPSA) is 55.1 Å². The largest absolute Gasteiger partial charge is 0.337 e. The van der Waals surface area contributed by atoms with E-state index < -0.39 is 9.96 Å². The standard InChI is InChI=1S/C4H7Cl3N2O/c1-2(10)9-3(8)4(5,6)7/h3H,8H2,1H3,(H,9,10). The van der Waals surface area contributed by atoms with E-state index in [4.69, 9.17) is 40.5 Å². The van der Waals surface area contributed by atoms with Gasteiger partial charge in [0.05, 0.1) is 0 Å². The number of nitrogens with one attached hydrogen (secondary N) is 1. The fourth-order valence-corrected chi connectivity index (χ4v) is 0.464. The fraction of sp³-hybridized carbons (Fsp3) is 0.750. The Balaban J connectivity index is 3.85. The zero-order chi connectivity index (χ0) is 8.36. The van der Waals surface area contributed by atoms with E-state index in [1.165, 1.54) is 6.92 Å². The number of nitrogens with two attached hydrogens (primary N) is 1. The first-order chi connectivity index (χ1) is 4.34. The molecule has 0 spiro atoms. The summed E-state index contributed by atoms with van der Waals surface area (Å²) in [5, 5.41) is 2.23. The minimum absolute atomic E-state index is 0.334. The first-order valence-corrected chi connectivity index (χ1v) is 3.57. The first-order valence-electron chi connectivity index (χ1n) is 2.43. The molecule has 0 aliphatic rings. The quantitative estimate of drug-likeness (QED) is 0.491. The summed E-state index contributed by atoms with van der Waals surface area (Å²) in [7, 11) is 0. The number of amides is 1. The number of alkyl halides is 3. The molecule has 0 heterocycles. The molecule has 0 saturated carbocycles. The molecule has 0 aromatic rings. The van der Waals surface area contributed by atoms with Gasteiger partial charge in [0.2, 0.25) is 9.70 Å². The predicted molar refractivity (Wildman–Crippen MR) is 42.1 cm³/mol. The monoisotopic (exact) mass is 204 g/mol. The summed E-state index contributed by atoms with van der Waals surface area (Å²) < 4.78 is -1.65. The zero-order valence-electron chi connectivity index (χ0n) is 5.20. The van der Waals surface area contributed by atoms with E-state index in [2.05, 4.69) is 5.32 Å². The number of carbonyl (C=O) groups excluding carboxylic acids is 1. The number of halogens is 3. The molecule has 0 aliphatic heterocycles. The van der Waals surface area contributed by atoms with Crippen molar-refractivity contribution in [2.24, 2.45) is 5.73 Å². The Morgan fingerprint density at radius 2 is 2.00 bits per heavy atom. The van der Waals surface area contributed by atoms with Crippen molar-refractivity contribution in [1.82, 2.24) is 5.32 Å². The summed E-state index contributed by atoms with van der Waals surface area (Å²) >= 11 is 16.0. The molecule has 1 atom stereocenters. The van der Waals surface area contributed by atoms with Crippen LogP contribution in [0.4, 0.5) is 0 Å². The maximum absolute atomic E-state index is 10.3. The van der Waals surface area contributed by atoms with E-state index >= 15 is 0 Å². The van der Waals surface area contributed by atoms with Crippen LogP contribution in [0.5, 0.6) is 0 Å². The molecule has 0 radical (unpaired) electrons. The molecular formula is C4H7Cl3N2O. The second-order valence-electron chi connectivity index (χ2n) is 1.72. The maximum Gasteiger partial charge on any atom is 0.223 e. The van der Waals surface area contributed by atoms with Crippen molar-refractivity contribution in [1.29, 1.82) is 0 Å². The van der Waals surface area contributed by atoms with Crippen molar-refractivity contribution in [3.8, 4) is 0 Å². The molecule has 1 amide bonds. The van der Waals surface area contributed by atoms with Crippen LogP contribution in [0.25, 0.3) is 0 Å². The molecule has 0 fully saturated rings. The van der Waals surface area contributed by atoms with Gasteiger partial charge in [0.15, 0.2) is 0 Å². The van der Waals surface area contributed by atoms with Crippen LogP contribution >= 0.6 is 34.8 Å². The van der Waals surface area contributed by atoms with Gasteiger partial charge in [-0.3, -0.25) is 4.79 Å². The van der Waals surface area contributed by atoms with Gasteiger partial charge in [-0.1, -0.05) is 34.8 Å². The molecule has 1 unspecified atom stereocenters. The van der Waals surface area contributed by atoms with Crippen LogP contribution < -0.4 is 11.1 Å². The van der Waals surface area contributed by atoms with Gasteiger partial charge in [-0.15, -0.1) is 0 Å². The summed E-state index contributed by atoms with van der Waals surface area (Å²) in [6.45, 7) is 1.29. The third-order valence-corrected chi connectivity index (χ3v) is 1.42. The zero-order valence-corrected chi connectivity index (χ0v) is 7.46. The Morgan fingerprint density at radius 3 is 2.10 bits per heavy atom. The Kier molecular flexibility index (Phi) is 3.73. The second-order valence-corrected chi connectivity index (χ2v) is 4.09. The summed E-state index contributed by atoms with van der Waals surface area (Å²) in [4.78, 5) is 10.3. The van der Waals surface area contributed by atoms with Crippen LogP contribution in [0.1, 0.15) is 6.92 Å². The molecule has 10 heavy (non-hydrogen) atoms. The van der Waals surface area contributed by atoms with Gasteiger partial charge in [-0.25, -0.2) is 0 Å². The van der Waals surface area contributed by atoms with Crippen LogP contribution in [-0.2, 0) is 4.79 Å². The lowest BCUT2D eigenvalue weighted by Gasteiger charge is -2.19. The molecule has 6 heteroatoms. The third kappa shape index (κ3) is 4.17. The van der Waals surface area contributed by atoms with Crippen molar-refractivity contribution >= 4 is 40.7 Å². The van der Waals surface area contributed by atoms with E-state index in [0.29, 0.717) is 0 Å². The maximum atomic E-state index is 10.3. The van der Waals surface area contributed by atoms with Crippen LogP contribution in [0.15, 0.2) is 0 Å². The van der Waals surface area contributed by atoms with Crippen molar-refractivity contribution in [2.75, 3.05) is 0 Å². The lowest BCUT2D eigenvalue weighted by Crippen LogP contribution is -2.49. The number of rotatable bonds is 1. The van der Waals surface area contributed by atoms with E-state index in [1.807, 2.05) is 0 Å². The highest BCUT2D eigenvalue weighted by Crippen LogP contribution is 2.27. The minimum atomic E-state index is -1.65. The molecular weight excluding hydrogens is 198 g/mol. The molecule has 3 N–H and O–H groups in total. The van der Waals surface area contributed by atoms with Gasteiger partial charge < -0.3 is 11.1 Å². The lowest BCUT2D eigenvalue weighted by atomic mass is 10.5. The van der Waals surface area contributed by atoms with E-state index in [-0.39, 0.29) is 5.91 Å². The molecule has 0 aliphatic carbocycles. The molecule has 0 aromatic heterocycles.